The smallest absolute Gasteiger partial charge is 0.0346 e. The lowest BCUT2D eigenvalue weighted by atomic mass is 10.0. The Bertz CT molecular complexity index is 534. The van der Waals surface area contributed by atoms with E-state index in [4.69, 9.17) is 0 Å². The molecule has 0 saturated carbocycles. The van der Waals surface area contributed by atoms with Crippen LogP contribution in [0.3, 0.4) is 0 Å². The number of benzene rings is 1. The monoisotopic (exact) mass is 268 g/mol. The van der Waals surface area contributed by atoms with Crippen LogP contribution < -0.4 is 5.32 Å². The third kappa shape index (κ3) is 4.17. The summed E-state index contributed by atoms with van der Waals surface area (Å²) in [5.74, 6) is 0. The van der Waals surface area contributed by atoms with Gasteiger partial charge < -0.3 is 5.32 Å². The highest BCUT2D eigenvalue weighted by Crippen LogP contribution is 2.21. The van der Waals surface area contributed by atoms with Crippen molar-refractivity contribution in [1.82, 2.24) is 10.3 Å². The highest BCUT2D eigenvalue weighted by molar-refractivity contribution is 5.63. The highest BCUT2D eigenvalue weighted by atomic mass is 14.8. The topological polar surface area (TPSA) is 24.9 Å². The lowest BCUT2D eigenvalue weighted by molar-refractivity contribution is 0.674. The van der Waals surface area contributed by atoms with Crippen molar-refractivity contribution in [1.29, 1.82) is 0 Å². The van der Waals surface area contributed by atoms with Crippen LogP contribution in [0.15, 0.2) is 42.7 Å². The van der Waals surface area contributed by atoms with Gasteiger partial charge in [-0.1, -0.05) is 44.5 Å². The molecule has 0 aliphatic heterocycles. The Kier molecular flexibility index (Phi) is 5.75. The quantitative estimate of drug-likeness (QED) is 0.761. The first kappa shape index (κ1) is 14.7. The summed E-state index contributed by atoms with van der Waals surface area (Å²) >= 11 is 0. The van der Waals surface area contributed by atoms with E-state index in [9.17, 15) is 0 Å². The lowest BCUT2D eigenvalue weighted by Gasteiger charge is -2.07. The van der Waals surface area contributed by atoms with E-state index in [1.165, 1.54) is 28.7 Å². The molecule has 0 unspecified atom stereocenters. The number of aromatic nitrogens is 1. The highest BCUT2D eigenvalue weighted by Gasteiger charge is 2.01. The van der Waals surface area contributed by atoms with Gasteiger partial charge in [0.2, 0.25) is 0 Å². The molecule has 2 aromatic rings. The van der Waals surface area contributed by atoms with Gasteiger partial charge in [0.15, 0.2) is 0 Å². The molecule has 1 aromatic carbocycles. The maximum Gasteiger partial charge on any atom is 0.0346 e. The second-order valence-electron chi connectivity index (χ2n) is 5.21. The van der Waals surface area contributed by atoms with Crippen LogP contribution in [-0.2, 0) is 13.0 Å². The summed E-state index contributed by atoms with van der Waals surface area (Å²) in [5, 5.41) is 3.42. The molecule has 0 fully saturated rings. The molecule has 0 saturated heterocycles. The van der Waals surface area contributed by atoms with Crippen molar-refractivity contribution in [2.45, 2.75) is 39.7 Å². The van der Waals surface area contributed by atoms with Crippen molar-refractivity contribution in [3.63, 3.8) is 0 Å². The van der Waals surface area contributed by atoms with Crippen molar-refractivity contribution in [2.24, 2.45) is 0 Å². The molecule has 2 heteroatoms. The molecule has 1 aromatic heterocycles. The van der Waals surface area contributed by atoms with Gasteiger partial charge in [0.05, 0.1) is 0 Å². The van der Waals surface area contributed by atoms with Crippen LogP contribution in [0.1, 0.15) is 37.8 Å². The molecular weight excluding hydrogens is 244 g/mol. The predicted molar refractivity (Wildman–Crippen MR) is 85.7 cm³/mol. The molecule has 1 heterocycles. The summed E-state index contributed by atoms with van der Waals surface area (Å²) in [6, 6.07) is 11.0. The first-order chi connectivity index (χ1) is 9.83. The third-order valence-corrected chi connectivity index (χ3v) is 3.35. The summed E-state index contributed by atoms with van der Waals surface area (Å²) in [7, 11) is 0. The van der Waals surface area contributed by atoms with E-state index in [2.05, 4.69) is 54.5 Å². The van der Waals surface area contributed by atoms with Gasteiger partial charge in [-0.25, -0.2) is 0 Å². The lowest BCUT2D eigenvalue weighted by Crippen LogP contribution is -2.13. The van der Waals surface area contributed by atoms with Gasteiger partial charge >= 0.3 is 0 Å². The Morgan fingerprint density at radius 2 is 1.80 bits per heavy atom. The standard InChI is InChI=1S/C18H24N2/c1-3-6-15-7-5-8-17(10-15)18-11-16(13-20-14-18)12-19-9-4-2/h5,7-8,10-11,13-14,19H,3-4,6,9,12H2,1-2H3. The molecule has 2 nitrogen and oxygen atoms in total. The maximum absolute atomic E-state index is 4.38. The Balaban J connectivity index is 2.15. The Morgan fingerprint density at radius 3 is 2.60 bits per heavy atom. The number of nitrogens with one attached hydrogen (secondary N) is 1. The zero-order chi connectivity index (χ0) is 14.2. The average molecular weight is 268 g/mol. The predicted octanol–water partition coefficient (Wildman–Crippen LogP) is 4.20. The van der Waals surface area contributed by atoms with Crippen LogP contribution in [0.25, 0.3) is 11.1 Å². The van der Waals surface area contributed by atoms with E-state index in [-0.39, 0.29) is 0 Å². The molecule has 0 amide bonds. The van der Waals surface area contributed by atoms with Gasteiger partial charge in [-0.15, -0.1) is 0 Å². The molecule has 0 spiro atoms. The molecule has 2 rings (SSSR count). The first-order valence-corrected chi connectivity index (χ1v) is 7.57. The maximum atomic E-state index is 4.38. The summed E-state index contributed by atoms with van der Waals surface area (Å²) < 4.78 is 0. The van der Waals surface area contributed by atoms with E-state index in [1.54, 1.807) is 0 Å². The normalized spacial score (nSPS) is 10.7. The van der Waals surface area contributed by atoms with E-state index >= 15 is 0 Å². The van der Waals surface area contributed by atoms with Crippen molar-refractivity contribution < 1.29 is 0 Å². The minimum absolute atomic E-state index is 0.892. The zero-order valence-electron chi connectivity index (χ0n) is 12.5. The largest absolute Gasteiger partial charge is 0.313 e. The van der Waals surface area contributed by atoms with Crippen molar-refractivity contribution in [3.05, 3.63) is 53.9 Å². The summed E-state index contributed by atoms with van der Waals surface area (Å²) in [5.41, 5.74) is 5.12. The number of nitrogens with zero attached hydrogens (tertiary/aromatic N) is 1. The molecular formula is C18H24N2. The average Bonchev–Trinajstić information content (AvgIpc) is 2.49. The van der Waals surface area contributed by atoms with E-state index < -0.39 is 0 Å². The van der Waals surface area contributed by atoms with Crippen LogP contribution in [-0.4, -0.2) is 11.5 Å². The SMILES string of the molecule is CCCNCc1cncc(-c2cccc(CCC)c2)c1. The summed E-state index contributed by atoms with van der Waals surface area (Å²) in [6.45, 7) is 6.34. The van der Waals surface area contributed by atoms with Gasteiger partial charge in [-0.05, 0) is 42.1 Å². The van der Waals surface area contributed by atoms with Gasteiger partial charge in [0.25, 0.3) is 0 Å². The summed E-state index contributed by atoms with van der Waals surface area (Å²) in [4.78, 5) is 4.38. The van der Waals surface area contributed by atoms with Crippen LogP contribution in [0.2, 0.25) is 0 Å². The number of aryl methyl sites for hydroxylation is 1. The van der Waals surface area contributed by atoms with Crippen LogP contribution in [0.5, 0.6) is 0 Å². The molecule has 106 valence electrons. The minimum atomic E-state index is 0.892. The van der Waals surface area contributed by atoms with E-state index in [0.29, 0.717) is 0 Å². The van der Waals surface area contributed by atoms with E-state index in [0.717, 1.165) is 25.9 Å². The Morgan fingerprint density at radius 1 is 0.950 bits per heavy atom. The van der Waals surface area contributed by atoms with Gasteiger partial charge in [0, 0.05) is 24.5 Å². The number of pyridine rings is 1. The van der Waals surface area contributed by atoms with Gasteiger partial charge in [-0.2, -0.15) is 0 Å². The number of hydrogen-bond acceptors (Lipinski definition) is 2. The molecule has 0 aliphatic rings. The third-order valence-electron chi connectivity index (χ3n) is 3.35. The van der Waals surface area contributed by atoms with Gasteiger partial charge in [-0.3, -0.25) is 4.98 Å². The first-order valence-electron chi connectivity index (χ1n) is 7.57. The van der Waals surface area contributed by atoms with Crippen molar-refractivity contribution >= 4 is 0 Å². The number of hydrogen-bond donors (Lipinski definition) is 1. The second-order valence-corrected chi connectivity index (χ2v) is 5.21. The molecule has 0 aliphatic carbocycles. The molecule has 20 heavy (non-hydrogen) atoms. The molecule has 1 N–H and O–H groups in total. The van der Waals surface area contributed by atoms with Crippen LogP contribution in [0, 0.1) is 0 Å². The molecule has 0 atom stereocenters. The second kappa shape index (κ2) is 7.81. The van der Waals surface area contributed by atoms with Crippen LogP contribution >= 0.6 is 0 Å². The zero-order valence-corrected chi connectivity index (χ0v) is 12.5. The van der Waals surface area contributed by atoms with Crippen molar-refractivity contribution in [2.75, 3.05) is 6.54 Å². The van der Waals surface area contributed by atoms with Crippen molar-refractivity contribution in [3.8, 4) is 11.1 Å². The number of rotatable bonds is 7. The fourth-order valence-corrected chi connectivity index (χ4v) is 2.35. The fourth-order valence-electron chi connectivity index (χ4n) is 2.35. The van der Waals surface area contributed by atoms with Gasteiger partial charge in [0.1, 0.15) is 0 Å². The van der Waals surface area contributed by atoms with E-state index in [1.807, 2.05) is 12.4 Å². The Hall–Kier alpha value is -1.67. The molecule has 0 bridgehead atoms. The Labute approximate surface area is 122 Å². The fraction of sp³-hybridized carbons (Fsp3) is 0.389. The molecule has 0 radical (unpaired) electrons. The van der Waals surface area contributed by atoms with Crippen LogP contribution in [0.4, 0.5) is 0 Å². The summed E-state index contributed by atoms with van der Waals surface area (Å²) in [6.07, 6.45) is 7.38. The minimum Gasteiger partial charge on any atom is -0.313 e.